The van der Waals surface area contributed by atoms with Crippen LogP contribution in [0.3, 0.4) is 0 Å². The van der Waals surface area contributed by atoms with Crippen LogP contribution in [-0.2, 0) is 15.8 Å². The van der Waals surface area contributed by atoms with Gasteiger partial charge in [0.15, 0.2) is 5.78 Å². The van der Waals surface area contributed by atoms with E-state index in [1.54, 1.807) is 0 Å². The summed E-state index contributed by atoms with van der Waals surface area (Å²) >= 11 is 0. The molecule has 1 rings (SSSR count). The van der Waals surface area contributed by atoms with Gasteiger partial charge in [-0.15, -0.1) is 0 Å². The summed E-state index contributed by atoms with van der Waals surface area (Å²) < 4.78 is 37.3. The normalized spacial score (nSPS) is 12.5. The van der Waals surface area contributed by atoms with Crippen molar-refractivity contribution in [1.29, 1.82) is 0 Å². The number of carboxylic acids is 1. The Morgan fingerprint density at radius 1 is 1.29 bits per heavy atom. The van der Waals surface area contributed by atoms with E-state index < -0.39 is 45.6 Å². The summed E-state index contributed by atoms with van der Waals surface area (Å²) in [6, 6.07) is 0.907. The van der Waals surface area contributed by atoms with Gasteiger partial charge in [0, 0.05) is 6.07 Å². The fourth-order valence-corrected chi connectivity index (χ4v) is 1.46. The second-order valence-corrected chi connectivity index (χ2v) is 3.78. The number of Topliss-reactive ketones (excluding diaryl/α,β-unsaturated/α-hetero) is 1. The molecule has 0 aliphatic heterocycles. The standard InChI is InChI=1S/C11H6F3NO6/c12-11(13,14)5-1-2-6(8(3-5)15(20)21)9(17)7(4-16)10(18)19/h1-4,7H,(H,18,19)/p-1. The van der Waals surface area contributed by atoms with Gasteiger partial charge in [-0.3, -0.25) is 14.9 Å². The second kappa shape index (κ2) is 5.69. The molecule has 7 nitrogen and oxygen atoms in total. The number of hydrogen-bond donors (Lipinski definition) is 0. The number of carbonyl (C=O) groups is 3. The topological polar surface area (TPSA) is 117 Å². The highest BCUT2D eigenvalue weighted by Gasteiger charge is 2.35. The number of benzene rings is 1. The van der Waals surface area contributed by atoms with Crippen molar-refractivity contribution in [2.24, 2.45) is 5.92 Å². The summed E-state index contributed by atoms with van der Waals surface area (Å²) in [7, 11) is 0. The van der Waals surface area contributed by atoms with Crippen molar-refractivity contribution in [1.82, 2.24) is 0 Å². The van der Waals surface area contributed by atoms with E-state index in [9.17, 15) is 42.8 Å². The number of nitrogens with zero attached hydrogens (tertiary/aromatic N) is 1. The zero-order valence-corrected chi connectivity index (χ0v) is 9.92. The molecule has 0 aliphatic rings. The Hall–Kier alpha value is -2.78. The van der Waals surface area contributed by atoms with Crippen LogP contribution >= 0.6 is 0 Å². The van der Waals surface area contributed by atoms with Gasteiger partial charge >= 0.3 is 6.18 Å². The van der Waals surface area contributed by atoms with E-state index >= 15 is 0 Å². The number of carboxylic acid groups (broad SMARTS) is 1. The van der Waals surface area contributed by atoms with Gasteiger partial charge in [0.1, 0.15) is 12.2 Å². The molecule has 1 unspecified atom stereocenters. The quantitative estimate of drug-likeness (QED) is 0.255. The monoisotopic (exact) mass is 304 g/mol. The lowest BCUT2D eigenvalue weighted by Crippen LogP contribution is -2.37. The van der Waals surface area contributed by atoms with Crippen molar-refractivity contribution >= 4 is 23.7 Å². The van der Waals surface area contributed by atoms with Crippen molar-refractivity contribution < 1.29 is 37.6 Å². The predicted molar refractivity (Wildman–Crippen MR) is 57.0 cm³/mol. The summed E-state index contributed by atoms with van der Waals surface area (Å²) in [4.78, 5) is 42.1. The maximum Gasteiger partial charge on any atom is 0.416 e. The lowest BCUT2D eigenvalue weighted by molar-refractivity contribution is -0.385. The molecule has 1 aromatic carbocycles. The van der Waals surface area contributed by atoms with Gasteiger partial charge in [-0.05, 0) is 12.1 Å². The third-order valence-corrected chi connectivity index (χ3v) is 2.46. The molecule has 1 atom stereocenters. The summed E-state index contributed by atoms with van der Waals surface area (Å²) in [5.41, 5.74) is -3.56. The van der Waals surface area contributed by atoms with Crippen molar-refractivity contribution in [3.63, 3.8) is 0 Å². The smallest absolute Gasteiger partial charge is 0.416 e. The maximum atomic E-state index is 12.4. The Kier molecular flexibility index (Phi) is 4.41. The van der Waals surface area contributed by atoms with Gasteiger partial charge in [0.2, 0.25) is 0 Å². The summed E-state index contributed by atoms with van der Waals surface area (Å²) in [6.07, 6.45) is -5.20. The molecule has 0 saturated heterocycles. The van der Waals surface area contributed by atoms with Crippen LogP contribution in [0.2, 0.25) is 0 Å². The van der Waals surface area contributed by atoms with Gasteiger partial charge in [-0.2, -0.15) is 13.2 Å². The highest BCUT2D eigenvalue weighted by atomic mass is 19.4. The number of aldehydes is 1. The first-order chi connectivity index (χ1) is 9.59. The van der Waals surface area contributed by atoms with Gasteiger partial charge in [0.25, 0.3) is 5.69 Å². The SMILES string of the molecule is O=CC(C(=O)[O-])C(=O)c1ccc(C(F)(F)F)cc1[N+](=O)[O-]. The molecule has 0 fully saturated rings. The van der Waals surface area contributed by atoms with Crippen molar-refractivity contribution in [3.8, 4) is 0 Å². The van der Waals surface area contributed by atoms with Crippen LogP contribution < -0.4 is 5.11 Å². The maximum absolute atomic E-state index is 12.4. The average molecular weight is 304 g/mol. The van der Waals surface area contributed by atoms with Crippen LogP contribution in [-0.4, -0.2) is 23.0 Å². The first kappa shape index (κ1) is 16.3. The third kappa shape index (κ3) is 3.41. The second-order valence-electron chi connectivity index (χ2n) is 3.78. The van der Waals surface area contributed by atoms with Gasteiger partial charge in [-0.1, -0.05) is 0 Å². The number of carbonyl (C=O) groups excluding carboxylic acids is 3. The number of halogens is 3. The molecule has 0 aliphatic carbocycles. The van der Waals surface area contributed by atoms with Gasteiger partial charge in [0.05, 0.1) is 22.0 Å². The molecule has 0 heterocycles. The Morgan fingerprint density at radius 2 is 1.86 bits per heavy atom. The Morgan fingerprint density at radius 3 is 2.24 bits per heavy atom. The molecule has 112 valence electrons. The molecule has 0 aromatic heterocycles. The Bertz CT molecular complexity index is 625. The van der Waals surface area contributed by atoms with E-state index in [1.807, 2.05) is 0 Å². The molecule has 0 spiro atoms. The molecule has 10 heteroatoms. The summed E-state index contributed by atoms with van der Waals surface area (Å²) in [5, 5.41) is 21.3. The van der Waals surface area contributed by atoms with Crippen LogP contribution in [0, 0.1) is 16.0 Å². The first-order valence-electron chi connectivity index (χ1n) is 5.15. The molecule has 1 aromatic rings. The molecule has 0 amide bonds. The lowest BCUT2D eigenvalue weighted by Gasteiger charge is -2.12. The first-order valence-corrected chi connectivity index (χ1v) is 5.15. The Balaban J connectivity index is 3.43. The highest BCUT2D eigenvalue weighted by molar-refractivity contribution is 6.18. The summed E-state index contributed by atoms with van der Waals surface area (Å²) in [6.45, 7) is 0. The number of rotatable bonds is 5. The van der Waals surface area contributed by atoms with E-state index in [1.165, 1.54) is 0 Å². The molecule has 0 saturated carbocycles. The zero-order valence-electron chi connectivity index (χ0n) is 9.92. The van der Waals surface area contributed by atoms with Crippen molar-refractivity contribution in [2.75, 3.05) is 0 Å². The molecular formula is C11H5F3NO6-. The molecular weight excluding hydrogens is 299 g/mol. The van der Waals surface area contributed by atoms with E-state index in [-0.39, 0.29) is 12.4 Å². The minimum absolute atomic E-state index is 0.0877. The number of ketones is 1. The van der Waals surface area contributed by atoms with E-state index in [0.717, 1.165) is 0 Å². The lowest BCUT2D eigenvalue weighted by atomic mass is 9.96. The number of hydrogen-bond acceptors (Lipinski definition) is 6. The molecule has 0 bridgehead atoms. The fraction of sp³-hybridized carbons (Fsp3) is 0.182. The fourth-order valence-electron chi connectivity index (χ4n) is 1.46. The minimum atomic E-state index is -4.88. The number of alkyl halides is 3. The Labute approximate surface area is 114 Å². The zero-order chi connectivity index (χ0) is 16.4. The van der Waals surface area contributed by atoms with Crippen LogP contribution in [0.5, 0.6) is 0 Å². The van der Waals surface area contributed by atoms with Crippen LogP contribution in [0.4, 0.5) is 18.9 Å². The largest absolute Gasteiger partial charge is 0.549 e. The average Bonchev–Trinajstić information content (AvgIpc) is 2.37. The van der Waals surface area contributed by atoms with E-state index in [2.05, 4.69) is 0 Å². The highest BCUT2D eigenvalue weighted by Crippen LogP contribution is 2.33. The number of nitro groups is 1. The van der Waals surface area contributed by atoms with Gasteiger partial charge in [-0.25, -0.2) is 0 Å². The van der Waals surface area contributed by atoms with Crippen molar-refractivity contribution in [3.05, 3.63) is 39.4 Å². The third-order valence-electron chi connectivity index (χ3n) is 2.46. The molecule has 0 N–H and O–H groups in total. The van der Waals surface area contributed by atoms with Crippen LogP contribution in [0.25, 0.3) is 0 Å². The molecule has 21 heavy (non-hydrogen) atoms. The van der Waals surface area contributed by atoms with Crippen molar-refractivity contribution in [2.45, 2.75) is 6.18 Å². The van der Waals surface area contributed by atoms with Crippen LogP contribution in [0.15, 0.2) is 18.2 Å². The number of nitro benzene ring substituents is 1. The number of aliphatic carboxylic acids is 1. The van der Waals surface area contributed by atoms with E-state index in [4.69, 9.17) is 0 Å². The van der Waals surface area contributed by atoms with Crippen LogP contribution in [0.1, 0.15) is 15.9 Å². The van der Waals surface area contributed by atoms with E-state index in [0.29, 0.717) is 12.1 Å². The van der Waals surface area contributed by atoms with Gasteiger partial charge < -0.3 is 14.7 Å². The summed E-state index contributed by atoms with van der Waals surface area (Å²) in [5.74, 6) is -5.96. The predicted octanol–water partition coefficient (Wildman–Crippen LogP) is 0.361. The minimum Gasteiger partial charge on any atom is -0.549 e. The molecule has 0 radical (unpaired) electrons.